The fraction of sp³-hybridized carbons (Fsp3) is 0.562. The van der Waals surface area contributed by atoms with Crippen LogP contribution in [0.1, 0.15) is 38.2 Å². The van der Waals surface area contributed by atoms with Crippen LogP contribution in [0.25, 0.3) is 0 Å². The predicted molar refractivity (Wildman–Crippen MR) is 86.6 cm³/mol. The summed E-state index contributed by atoms with van der Waals surface area (Å²) in [5.74, 6) is 1.62. The number of hydrogen-bond donors (Lipinski definition) is 1. The molecule has 1 amide bonds. The highest BCUT2D eigenvalue weighted by Crippen LogP contribution is 2.25. The molecule has 0 aromatic carbocycles. The number of aromatic nitrogens is 1. The van der Waals surface area contributed by atoms with E-state index in [1.54, 1.807) is 24.2 Å². The lowest BCUT2D eigenvalue weighted by atomic mass is 9.87. The van der Waals surface area contributed by atoms with E-state index in [9.17, 15) is 4.79 Å². The van der Waals surface area contributed by atoms with Crippen LogP contribution in [0, 0.1) is 5.92 Å². The van der Waals surface area contributed by atoms with Gasteiger partial charge in [-0.1, -0.05) is 6.92 Å². The summed E-state index contributed by atoms with van der Waals surface area (Å²) < 4.78 is 0. The minimum atomic E-state index is -0.246. The molecule has 0 radical (unpaired) electrons. The average molecular weight is 303 g/mol. The molecule has 1 aliphatic heterocycles. The van der Waals surface area contributed by atoms with Crippen molar-refractivity contribution in [1.82, 2.24) is 10.3 Å². The molecule has 0 saturated heterocycles. The number of nitrogens with zero attached hydrogens (tertiary/aromatic N) is 2. The molecule has 1 aromatic heterocycles. The first-order valence-corrected chi connectivity index (χ1v) is 8.62. The summed E-state index contributed by atoms with van der Waals surface area (Å²) in [7, 11) is 0. The van der Waals surface area contributed by atoms with Gasteiger partial charge >= 0.3 is 0 Å². The standard InChI is InChI=1S/C16H21N3OS/c1-11-4-6-13(7-5-11)18-15(20)14-10-21-16(19-14)12-3-2-8-17-9-12/h2-3,8-9,11,13-14H,4-7,10H2,1H3,(H,18,20). The summed E-state index contributed by atoms with van der Waals surface area (Å²) in [6.07, 6.45) is 8.19. The van der Waals surface area contributed by atoms with Gasteiger partial charge in [0.15, 0.2) is 0 Å². The van der Waals surface area contributed by atoms with Crippen molar-refractivity contribution in [3.8, 4) is 0 Å². The number of amides is 1. The Labute approximate surface area is 129 Å². The summed E-state index contributed by atoms with van der Waals surface area (Å²) in [4.78, 5) is 21.0. The van der Waals surface area contributed by atoms with Crippen LogP contribution in [0.15, 0.2) is 29.5 Å². The molecule has 1 N–H and O–H groups in total. The molecule has 112 valence electrons. The Kier molecular flexibility index (Phi) is 4.58. The van der Waals surface area contributed by atoms with E-state index in [0.717, 1.165) is 35.1 Å². The Bertz CT molecular complexity index is 524. The molecular formula is C16H21N3OS. The molecule has 1 aromatic rings. The van der Waals surface area contributed by atoms with Gasteiger partial charge in [0, 0.05) is 29.8 Å². The minimum absolute atomic E-state index is 0.0842. The van der Waals surface area contributed by atoms with Crippen LogP contribution in [0.5, 0.6) is 0 Å². The number of carbonyl (C=O) groups excluding carboxylic acids is 1. The summed E-state index contributed by atoms with van der Waals surface area (Å²) in [5.41, 5.74) is 1.00. The molecular weight excluding hydrogens is 282 g/mol. The van der Waals surface area contributed by atoms with Crippen molar-refractivity contribution in [2.75, 3.05) is 5.75 Å². The Morgan fingerprint density at radius 3 is 2.86 bits per heavy atom. The molecule has 0 bridgehead atoms. The van der Waals surface area contributed by atoms with Gasteiger partial charge in [0.1, 0.15) is 11.1 Å². The summed E-state index contributed by atoms with van der Waals surface area (Å²) in [6, 6.07) is 3.98. The second-order valence-corrected chi connectivity index (χ2v) is 6.98. The highest BCUT2D eigenvalue weighted by Gasteiger charge is 2.28. The van der Waals surface area contributed by atoms with Crippen molar-refractivity contribution in [1.29, 1.82) is 0 Å². The van der Waals surface area contributed by atoms with E-state index in [2.05, 4.69) is 22.2 Å². The maximum atomic E-state index is 12.3. The number of nitrogens with one attached hydrogen (secondary N) is 1. The zero-order valence-corrected chi connectivity index (χ0v) is 13.1. The maximum absolute atomic E-state index is 12.3. The molecule has 1 fully saturated rings. The smallest absolute Gasteiger partial charge is 0.245 e. The predicted octanol–water partition coefficient (Wildman–Crippen LogP) is 2.64. The molecule has 4 nitrogen and oxygen atoms in total. The van der Waals surface area contributed by atoms with E-state index in [4.69, 9.17) is 0 Å². The topological polar surface area (TPSA) is 54.4 Å². The highest BCUT2D eigenvalue weighted by molar-refractivity contribution is 8.14. The van der Waals surface area contributed by atoms with Crippen molar-refractivity contribution in [3.63, 3.8) is 0 Å². The van der Waals surface area contributed by atoms with Crippen LogP contribution in [-0.4, -0.2) is 33.8 Å². The largest absolute Gasteiger partial charge is 0.351 e. The van der Waals surface area contributed by atoms with Crippen molar-refractivity contribution in [3.05, 3.63) is 30.1 Å². The van der Waals surface area contributed by atoms with Gasteiger partial charge in [0.2, 0.25) is 5.91 Å². The van der Waals surface area contributed by atoms with Crippen LogP contribution in [0.3, 0.4) is 0 Å². The normalized spacial score (nSPS) is 29.0. The number of pyridine rings is 1. The molecule has 3 rings (SSSR count). The SMILES string of the molecule is CC1CCC(NC(=O)C2CSC(c3cccnc3)=N2)CC1. The third kappa shape index (κ3) is 3.64. The van der Waals surface area contributed by atoms with E-state index >= 15 is 0 Å². The molecule has 21 heavy (non-hydrogen) atoms. The van der Waals surface area contributed by atoms with Gasteiger partial charge < -0.3 is 5.32 Å². The third-order valence-corrected chi connectivity index (χ3v) is 5.32. The Hall–Kier alpha value is -1.36. The quantitative estimate of drug-likeness (QED) is 0.934. The first-order chi connectivity index (χ1) is 10.2. The third-order valence-electron chi connectivity index (χ3n) is 4.22. The van der Waals surface area contributed by atoms with E-state index in [1.165, 1.54) is 12.8 Å². The number of rotatable bonds is 3. The molecule has 0 spiro atoms. The molecule has 1 atom stereocenters. The van der Waals surface area contributed by atoms with Gasteiger partial charge in [-0.3, -0.25) is 14.8 Å². The van der Waals surface area contributed by atoms with Gasteiger partial charge in [-0.2, -0.15) is 0 Å². The summed E-state index contributed by atoms with van der Waals surface area (Å²) in [5, 5.41) is 4.11. The molecule has 1 saturated carbocycles. The van der Waals surface area contributed by atoms with E-state index in [-0.39, 0.29) is 11.9 Å². The highest BCUT2D eigenvalue weighted by atomic mass is 32.2. The molecule has 2 heterocycles. The number of aliphatic imine (C=N–C) groups is 1. The van der Waals surface area contributed by atoms with Crippen LogP contribution < -0.4 is 5.32 Å². The number of hydrogen-bond acceptors (Lipinski definition) is 4. The molecule has 1 unspecified atom stereocenters. The lowest BCUT2D eigenvalue weighted by Gasteiger charge is -2.27. The Morgan fingerprint density at radius 1 is 1.33 bits per heavy atom. The first kappa shape index (κ1) is 14.6. The monoisotopic (exact) mass is 303 g/mol. The Morgan fingerprint density at radius 2 is 2.14 bits per heavy atom. The average Bonchev–Trinajstić information content (AvgIpc) is 3.00. The Balaban J connectivity index is 1.58. The van der Waals surface area contributed by atoms with Crippen LogP contribution in [0.2, 0.25) is 0 Å². The van der Waals surface area contributed by atoms with E-state index in [0.29, 0.717) is 6.04 Å². The van der Waals surface area contributed by atoms with Crippen LogP contribution >= 0.6 is 11.8 Å². The van der Waals surface area contributed by atoms with Gasteiger partial charge in [-0.25, -0.2) is 0 Å². The van der Waals surface area contributed by atoms with E-state index < -0.39 is 0 Å². The lowest BCUT2D eigenvalue weighted by Crippen LogP contribution is -2.42. The second kappa shape index (κ2) is 6.60. The lowest BCUT2D eigenvalue weighted by molar-refractivity contribution is -0.122. The van der Waals surface area contributed by atoms with Crippen molar-refractivity contribution in [2.24, 2.45) is 10.9 Å². The first-order valence-electron chi connectivity index (χ1n) is 7.64. The van der Waals surface area contributed by atoms with Gasteiger partial charge in [-0.15, -0.1) is 11.8 Å². The van der Waals surface area contributed by atoms with Crippen LogP contribution in [0.4, 0.5) is 0 Å². The van der Waals surface area contributed by atoms with Gasteiger partial charge in [-0.05, 0) is 43.7 Å². The fourth-order valence-corrected chi connectivity index (χ4v) is 3.89. The fourth-order valence-electron chi connectivity index (χ4n) is 2.86. The van der Waals surface area contributed by atoms with Crippen LogP contribution in [-0.2, 0) is 4.79 Å². The number of carbonyl (C=O) groups is 1. The van der Waals surface area contributed by atoms with Gasteiger partial charge in [0.05, 0.1) is 0 Å². The summed E-state index contributed by atoms with van der Waals surface area (Å²) >= 11 is 1.64. The molecule has 5 heteroatoms. The molecule has 1 aliphatic carbocycles. The second-order valence-electron chi connectivity index (χ2n) is 5.97. The number of thioether (sulfide) groups is 1. The minimum Gasteiger partial charge on any atom is -0.351 e. The zero-order chi connectivity index (χ0) is 14.7. The zero-order valence-electron chi connectivity index (χ0n) is 12.3. The van der Waals surface area contributed by atoms with E-state index in [1.807, 2.05) is 12.1 Å². The van der Waals surface area contributed by atoms with Gasteiger partial charge in [0.25, 0.3) is 0 Å². The van der Waals surface area contributed by atoms with Crippen molar-refractivity contribution < 1.29 is 4.79 Å². The molecule has 2 aliphatic rings. The van der Waals surface area contributed by atoms with Crippen molar-refractivity contribution in [2.45, 2.75) is 44.7 Å². The summed E-state index contributed by atoms with van der Waals surface area (Å²) in [6.45, 7) is 2.29. The van der Waals surface area contributed by atoms with Crippen molar-refractivity contribution >= 4 is 22.7 Å². The maximum Gasteiger partial charge on any atom is 0.245 e.